The first-order valence-corrected chi connectivity index (χ1v) is 7.49. The number of anilines is 2. The summed E-state index contributed by atoms with van der Waals surface area (Å²) in [7, 11) is 0. The van der Waals surface area contributed by atoms with Gasteiger partial charge in [-0.1, -0.05) is 11.6 Å². The molecule has 20 heavy (non-hydrogen) atoms. The number of thioether (sulfide) groups is 1. The average Bonchev–Trinajstić information content (AvgIpc) is 2.40. The van der Waals surface area contributed by atoms with Gasteiger partial charge in [0.05, 0.1) is 29.0 Å². The van der Waals surface area contributed by atoms with Gasteiger partial charge in [-0.25, -0.2) is 0 Å². The number of carbonyl (C=O) groups excluding carboxylic acids is 2. The van der Waals surface area contributed by atoms with Crippen molar-refractivity contribution in [1.29, 1.82) is 0 Å². The van der Waals surface area contributed by atoms with E-state index in [4.69, 9.17) is 22.1 Å². The number of amides is 1. The third kappa shape index (κ3) is 5.30. The summed E-state index contributed by atoms with van der Waals surface area (Å²) in [6, 6.07) is 4.84. The van der Waals surface area contributed by atoms with Gasteiger partial charge in [0.25, 0.3) is 0 Å². The zero-order valence-corrected chi connectivity index (χ0v) is 12.9. The number of hydrogen-bond donors (Lipinski definition) is 2. The smallest absolute Gasteiger partial charge is 0.315 e. The molecule has 0 heterocycles. The third-order valence-corrected chi connectivity index (χ3v) is 3.75. The first-order valence-electron chi connectivity index (χ1n) is 6.07. The van der Waals surface area contributed by atoms with Gasteiger partial charge in [0.1, 0.15) is 0 Å². The minimum Gasteiger partial charge on any atom is -0.465 e. The van der Waals surface area contributed by atoms with Gasteiger partial charge in [-0.2, -0.15) is 0 Å². The van der Waals surface area contributed by atoms with E-state index in [1.807, 2.05) is 0 Å². The lowest BCUT2D eigenvalue weighted by atomic mass is 10.2. The van der Waals surface area contributed by atoms with Crippen LogP contribution in [-0.2, 0) is 14.3 Å². The van der Waals surface area contributed by atoms with E-state index in [2.05, 4.69) is 5.32 Å². The Morgan fingerprint density at radius 3 is 2.85 bits per heavy atom. The molecule has 0 aliphatic carbocycles. The lowest BCUT2D eigenvalue weighted by Gasteiger charge is -2.13. The first kappa shape index (κ1) is 16.7. The maximum Gasteiger partial charge on any atom is 0.315 e. The van der Waals surface area contributed by atoms with Crippen molar-refractivity contribution in [2.75, 3.05) is 23.4 Å². The second-order valence-electron chi connectivity index (χ2n) is 3.98. The largest absolute Gasteiger partial charge is 0.465 e. The molecule has 1 atom stereocenters. The predicted octanol–water partition coefficient (Wildman–Crippen LogP) is 2.55. The summed E-state index contributed by atoms with van der Waals surface area (Å²) < 4.78 is 4.80. The maximum atomic E-state index is 12.0. The van der Waals surface area contributed by atoms with Gasteiger partial charge in [-0.3, -0.25) is 9.59 Å². The van der Waals surface area contributed by atoms with Crippen LogP contribution >= 0.6 is 23.4 Å². The number of nitrogen functional groups attached to an aromatic ring is 1. The summed E-state index contributed by atoms with van der Waals surface area (Å²) >= 11 is 7.05. The highest BCUT2D eigenvalue weighted by Gasteiger charge is 2.16. The third-order valence-electron chi connectivity index (χ3n) is 2.40. The fourth-order valence-corrected chi connectivity index (χ4v) is 2.19. The number of carbonyl (C=O) groups is 2. The number of ether oxygens (including phenoxy) is 1. The lowest BCUT2D eigenvalue weighted by molar-refractivity contribution is -0.139. The Kier molecular flexibility index (Phi) is 6.67. The molecule has 1 aromatic carbocycles. The molecule has 0 aliphatic rings. The first-order chi connectivity index (χ1) is 9.43. The van der Waals surface area contributed by atoms with Gasteiger partial charge in [-0.05, 0) is 32.0 Å². The normalized spacial score (nSPS) is 11.8. The summed E-state index contributed by atoms with van der Waals surface area (Å²) in [6.07, 6.45) is 0. The molecule has 7 heteroatoms. The molecule has 3 N–H and O–H groups in total. The van der Waals surface area contributed by atoms with Gasteiger partial charge in [-0.15, -0.1) is 11.8 Å². The number of esters is 1. The van der Waals surface area contributed by atoms with Crippen LogP contribution in [0.15, 0.2) is 18.2 Å². The monoisotopic (exact) mass is 316 g/mol. The van der Waals surface area contributed by atoms with Crippen molar-refractivity contribution in [3.8, 4) is 0 Å². The van der Waals surface area contributed by atoms with Crippen molar-refractivity contribution in [2.45, 2.75) is 19.1 Å². The molecular formula is C13H17ClN2O3S. The van der Waals surface area contributed by atoms with Crippen LogP contribution in [0.25, 0.3) is 0 Å². The van der Waals surface area contributed by atoms with Crippen molar-refractivity contribution in [3.63, 3.8) is 0 Å². The Hall–Kier alpha value is -1.40. The number of nitrogens with two attached hydrogens (primary N) is 1. The van der Waals surface area contributed by atoms with Crippen molar-refractivity contribution in [2.24, 2.45) is 0 Å². The Balaban J connectivity index is 2.53. The van der Waals surface area contributed by atoms with E-state index < -0.39 is 5.25 Å². The molecule has 0 saturated carbocycles. The molecule has 0 fully saturated rings. The van der Waals surface area contributed by atoms with E-state index in [9.17, 15) is 9.59 Å². The molecule has 0 radical (unpaired) electrons. The quantitative estimate of drug-likeness (QED) is 0.622. The Labute approximate surface area is 127 Å². The zero-order valence-electron chi connectivity index (χ0n) is 11.3. The van der Waals surface area contributed by atoms with Gasteiger partial charge in [0.2, 0.25) is 5.91 Å². The highest BCUT2D eigenvalue weighted by molar-refractivity contribution is 8.01. The second-order valence-corrected chi connectivity index (χ2v) is 5.74. The van der Waals surface area contributed by atoms with Crippen LogP contribution in [-0.4, -0.2) is 29.5 Å². The molecule has 110 valence electrons. The number of halogens is 1. The summed E-state index contributed by atoms with van der Waals surface area (Å²) in [5.74, 6) is -0.444. The number of rotatable bonds is 6. The van der Waals surface area contributed by atoms with Crippen molar-refractivity contribution in [1.82, 2.24) is 0 Å². The van der Waals surface area contributed by atoms with Crippen LogP contribution in [0.5, 0.6) is 0 Å². The highest BCUT2D eigenvalue weighted by Crippen LogP contribution is 2.24. The van der Waals surface area contributed by atoms with Crippen LogP contribution in [0.4, 0.5) is 11.4 Å². The molecule has 1 amide bonds. The Morgan fingerprint density at radius 1 is 1.50 bits per heavy atom. The molecule has 5 nitrogen and oxygen atoms in total. The van der Waals surface area contributed by atoms with E-state index in [0.717, 1.165) is 0 Å². The summed E-state index contributed by atoms with van der Waals surface area (Å²) in [6.45, 7) is 3.78. The molecule has 0 aromatic heterocycles. The minimum absolute atomic E-state index is 0.132. The van der Waals surface area contributed by atoms with Gasteiger partial charge in [0, 0.05) is 5.02 Å². The average molecular weight is 317 g/mol. The van der Waals surface area contributed by atoms with E-state index in [0.29, 0.717) is 23.0 Å². The lowest BCUT2D eigenvalue weighted by Crippen LogP contribution is -2.24. The standard InChI is InChI=1S/C13H17ClN2O3S/c1-3-19-12(17)7-20-8(2)13(18)16-11-6-9(14)4-5-10(11)15/h4-6,8H,3,7,15H2,1-2H3,(H,16,18). The van der Waals surface area contributed by atoms with E-state index in [1.165, 1.54) is 11.8 Å². The van der Waals surface area contributed by atoms with Gasteiger partial charge >= 0.3 is 5.97 Å². The van der Waals surface area contributed by atoms with Gasteiger partial charge < -0.3 is 15.8 Å². The van der Waals surface area contributed by atoms with E-state index >= 15 is 0 Å². The Bertz CT molecular complexity index is 497. The van der Waals surface area contributed by atoms with Gasteiger partial charge in [0.15, 0.2) is 0 Å². The van der Waals surface area contributed by atoms with Crippen molar-refractivity contribution >= 4 is 46.6 Å². The van der Waals surface area contributed by atoms with Crippen LogP contribution < -0.4 is 11.1 Å². The fraction of sp³-hybridized carbons (Fsp3) is 0.385. The summed E-state index contributed by atoms with van der Waals surface area (Å²) in [4.78, 5) is 23.2. The van der Waals surface area contributed by atoms with Crippen molar-refractivity contribution in [3.05, 3.63) is 23.2 Å². The summed E-state index contributed by atoms with van der Waals surface area (Å²) in [5, 5.41) is 2.77. The molecule has 1 rings (SSSR count). The number of nitrogens with one attached hydrogen (secondary N) is 1. The summed E-state index contributed by atoms with van der Waals surface area (Å²) in [5.41, 5.74) is 6.64. The van der Waals surface area contributed by atoms with E-state index in [1.54, 1.807) is 32.0 Å². The molecular weight excluding hydrogens is 300 g/mol. The zero-order chi connectivity index (χ0) is 15.1. The number of benzene rings is 1. The molecule has 0 spiro atoms. The van der Waals surface area contributed by atoms with Crippen LogP contribution in [0.1, 0.15) is 13.8 Å². The Morgan fingerprint density at radius 2 is 2.20 bits per heavy atom. The van der Waals surface area contributed by atoms with Crippen LogP contribution in [0.2, 0.25) is 5.02 Å². The molecule has 1 unspecified atom stereocenters. The molecule has 0 saturated heterocycles. The van der Waals surface area contributed by atoms with Crippen LogP contribution in [0, 0.1) is 0 Å². The maximum absolute atomic E-state index is 12.0. The van der Waals surface area contributed by atoms with E-state index in [-0.39, 0.29) is 17.6 Å². The topological polar surface area (TPSA) is 81.4 Å². The van der Waals surface area contributed by atoms with Crippen LogP contribution in [0.3, 0.4) is 0 Å². The molecule has 0 aliphatic heterocycles. The minimum atomic E-state index is -0.405. The van der Waals surface area contributed by atoms with Crippen molar-refractivity contribution < 1.29 is 14.3 Å². The number of hydrogen-bond acceptors (Lipinski definition) is 5. The molecule has 1 aromatic rings. The second kappa shape index (κ2) is 8.01. The highest BCUT2D eigenvalue weighted by atomic mass is 35.5. The fourth-order valence-electron chi connectivity index (χ4n) is 1.34. The SMILES string of the molecule is CCOC(=O)CSC(C)C(=O)Nc1cc(Cl)ccc1N. The molecule has 0 bridgehead atoms. The predicted molar refractivity (Wildman–Crippen MR) is 83.0 cm³/mol.